The van der Waals surface area contributed by atoms with Crippen molar-refractivity contribution < 1.29 is 9.53 Å². The molecule has 106 valence electrons. The van der Waals surface area contributed by atoms with Crippen molar-refractivity contribution in [3.8, 4) is 5.75 Å². The van der Waals surface area contributed by atoms with Crippen LogP contribution in [0.5, 0.6) is 5.75 Å². The second kappa shape index (κ2) is 8.53. The third-order valence-corrected chi connectivity index (χ3v) is 2.57. The van der Waals surface area contributed by atoms with E-state index in [4.69, 9.17) is 10.5 Å². The van der Waals surface area contributed by atoms with E-state index in [1.54, 1.807) is 0 Å². The van der Waals surface area contributed by atoms with Crippen molar-refractivity contribution in [2.75, 3.05) is 19.7 Å². The lowest BCUT2D eigenvalue weighted by Crippen LogP contribution is -2.27. The number of ether oxygens (including phenoxy) is 1. The molecule has 1 aromatic carbocycles. The largest absolute Gasteiger partial charge is 0.493 e. The monoisotopic (exact) mass is 264 g/mol. The van der Waals surface area contributed by atoms with E-state index in [0.717, 1.165) is 17.7 Å². The number of carbonyl (C=O) groups excluding carboxylic acids is 1. The molecule has 0 bridgehead atoms. The predicted octanol–water partition coefficient (Wildman–Crippen LogP) is 1.73. The van der Waals surface area contributed by atoms with Crippen molar-refractivity contribution in [3.05, 3.63) is 29.8 Å². The Morgan fingerprint density at radius 1 is 1.32 bits per heavy atom. The molecule has 0 heterocycles. The van der Waals surface area contributed by atoms with Crippen LogP contribution in [0, 0.1) is 5.92 Å². The molecule has 1 amide bonds. The van der Waals surface area contributed by atoms with E-state index in [0.29, 0.717) is 32.0 Å². The molecule has 0 saturated carbocycles. The summed E-state index contributed by atoms with van der Waals surface area (Å²) in [6, 6.07) is 7.67. The molecule has 0 radical (unpaired) electrons. The molecule has 0 aromatic heterocycles. The molecule has 0 aliphatic rings. The van der Waals surface area contributed by atoms with Crippen molar-refractivity contribution in [1.82, 2.24) is 5.32 Å². The van der Waals surface area contributed by atoms with Crippen LogP contribution in [-0.2, 0) is 11.2 Å². The van der Waals surface area contributed by atoms with Crippen molar-refractivity contribution in [2.45, 2.75) is 26.7 Å². The summed E-state index contributed by atoms with van der Waals surface area (Å²) in [5, 5.41) is 2.84. The summed E-state index contributed by atoms with van der Waals surface area (Å²) in [6.07, 6.45) is 1.21. The van der Waals surface area contributed by atoms with Gasteiger partial charge in [0.1, 0.15) is 5.75 Å². The zero-order valence-electron chi connectivity index (χ0n) is 11.8. The van der Waals surface area contributed by atoms with Crippen molar-refractivity contribution in [1.29, 1.82) is 0 Å². The van der Waals surface area contributed by atoms with E-state index >= 15 is 0 Å². The maximum atomic E-state index is 11.6. The van der Waals surface area contributed by atoms with Gasteiger partial charge in [0, 0.05) is 6.54 Å². The first-order chi connectivity index (χ1) is 9.11. The quantitative estimate of drug-likeness (QED) is 0.703. The topological polar surface area (TPSA) is 64.3 Å². The minimum Gasteiger partial charge on any atom is -0.493 e. The number of rotatable bonds is 8. The SMILES string of the molecule is CC(C)COc1ccc(CC(=O)NCCCN)cc1. The van der Waals surface area contributed by atoms with Gasteiger partial charge in [0.25, 0.3) is 0 Å². The third kappa shape index (κ3) is 6.82. The van der Waals surface area contributed by atoms with Gasteiger partial charge in [-0.05, 0) is 36.6 Å². The number of hydrogen-bond acceptors (Lipinski definition) is 3. The molecule has 0 fully saturated rings. The van der Waals surface area contributed by atoms with E-state index in [2.05, 4.69) is 19.2 Å². The Hall–Kier alpha value is -1.55. The summed E-state index contributed by atoms with van der Waals surface area (Å²) in [7, 11) is 0. The smallest absolute Gasteiger partial charge is 0.224 e. The van der Waals surface area contributed by atoms with Gasteiger partial charge in [0.2, 0.25) is 5.91 Å². The molecule has 1 rings (SSSR count). The first-order valence-corrected chi connectivity index (χ1v) is 6.80. The Kier molecular flexibility index (Phi) is 6.97. The molecule has 0 unspecified atom stereocenters. The Bertz CT molecular complexity index is 374. The minimum atomic E-state index is 0.0318. The Morgan fingerprint density at radius 3 is 2.58 bits per heavy atom. The van der Waals surface area contributed by atoms with Gasteiger partial charge in [-0.1, -0.05) is 26.0 Å². The fourth-order valence-corrected chi connectivity index (χ4v) is 1.54. The molecule has 4 nitrogen and oxygen atoms in total. The average Bonchev–Trinajstić information content (AvgIpc) is 2.38. The van der Waals surface area contributed by atoms with E-state index in [1.807, 2.05) is 24.3 Å². The van der Waals surface area contributed by atoms with Crippen LogP contribution in [0.2, 0.25) is 0 Å². The summed E-state index contributed by atoms with van der Waals surface area (Å²) in [6.45, 7) is 6.17. The molecule has 3 N–H and O–H groups in total. The Labute approximate surface area is 115 Å². The standard InChI is InChI=1S/C15H24N2O2/c1-12(2)11-19-14-6-4-13(5-7-14)10-15(18)17-9-3-8-16/h4-7,12H,3,8-11,16H2,1-2H3,(H,17,18). The van der Waals surface area contributed by atoms with Crippen molar-refractivity contribution in [3.63, 3.8) is 0 Å². The molecule has 1 aromatic rings. The van der Waals surface area contributed by atoms with Crippen LogP contribution in [0.15, 0.2) is 24.3 Å². The first-order valence-electron chi connectivity index (χ1n) is 6.80. The first kappa shape index (κ1) is 15.5. The molecule has 0 aliphatic carbocycles. The van der Waals surface area contributed by atoms with Crippen LogP contribution >= 0.6 is 0 Å². The van der Waals surface area contributed by atoms with Crippen LogP contribution in [0.4, 0.5) is 0 Å². The Balaban J connectivity index is 2.37. The second-order valence-electron chi connectivity index (χ2n) is 5.02. The number of benzene rings is 1. The van der Waals surface area contributed by atoms with Gasteiger partial charge in [-0.3, -0.25) is 4.79 Å². The van der Waals surface area contributed by atoms with Gasteiger partial charge < -0.3 is 15.8 Å². The highest BCUT2D eigenvalue weighted by molar-refractivity contribution is 5.78. The van der Waals surface area contributed by atoms with Crippen LogP contribution in [-0.4, -0.2) is 25.6 Å². The molecule has 0 spiro atoms. The van der Waals surface area contributed by atoms with Crippen molar-refractivity contribution >= 4 is 5.91 Å². The second-order valence-corrected chi connectivity index (χ2v) is 5.02. The highest BCUT2D eigenvalue weighted by Gasteiger charge is 2.03. The van der Waals surface area contributed by atoms with Crippen LogP contribution in [0.25, 0.3) is 0 Å². The van der Waals surface area contributed by atoms with Crippen LogP contribution < -0.4 is 15.8 Å². The van der Waals surface area contributed by atoms with E-state index < -0.39 is 0 Å². The normalized spacial score (nSPS) is 10.5. The number of nitrogens with two attached hydrogens (primary N) is 1. The zero-order valence-corrected chi connectivity index (χ0v) is 11.8. The minimum absolute atomic E-state index is 0.0318. The van der Waals surface area contributed by atoms with E-state index in [9.17, 15) is 4.79 Å². The zero-order chi connectivity index (χ0) is 14.1. The average molecular weight is 264 g/mol. The summed E-state index contributed by atoms with van der Waals surface area (Å²) in [5.41, 5.74) is 6.36. The van der Waals surface area contributed by atoms with Gasteiger partial charge in [-0.2, -0.15) is 0 Å². The highest BCUT2D eigenvalue weighted by Crippen LogP contribution is 2.13. The van der Waals surface area contributed by atoms with Gasteiger partial charge in [0.05, 0.1) is 13.0 Å². The van der Waals surface area contributed by atoms with Crippen LogP contribution in [0.1, 0.15) is 25.8 Å². The fourth-order valence-electron chi connectivity index (χ4n) is 1.54. The number of carbonyl (C=O) groups is 1. The lowest BCUT2D eigenvalue weighted by molar-refractivity contribution is -0.120. The molecule has 0 atom stereocenters. The van der Waals surface area contributed by atoms with E-state index in [1.165, 1.54) is 0 Å². The number of hydrogen-bond donors (Lipinski definition) is 2. The van der Waals surface area contributed by atoms with Crippen LogP contribution in [0.3, 0.4) is 0 Å². The van der Waals surface area contributed by atoms with Gasteiger partial charge >= 0.3 is 0 Å². The lowest BCUT2D eigenvalue weighted by Gasteiger charge is -2.09. The number of nitrogens with one attached hydrogen (secondary N) is 1. The Morgan fingerprint density at radius 2 is 2.00 bits per heavy atom. The maximum Gasteiger partial charge on any atom is 0.224 e. The number of amides is 1. The molecule has 0 aliphatic heterocycles. The predicted molar refractivity (Wildman–Crippen MR) is 77.2 cm³/mol. The molecule has 19 heavy (non-hydrogen) atoms. The summed E-state index contributed by atoms with van der Waals surface area (Å²) >= 11 is 0. The summed E-state index contributed by atoms with van der Waals surface area (Å²) < 4.78 is 5.59. The summed E-state index contributed by atoms with van der Waals surface area (Å²) in [5.74, 6) is 1.39. The van der Waals surface area contributed by atoms with Crippen molar-refractivity contribution in [2.24, 2.45) is 11.7 Å². The highest BCUT2D eigenvalue weighted by atomic mass is 16.5. The maximum absolute atomic E-state index is 11.6. The summed E-state index contributed by atoms with van der Waals surface area (Å²) in [4.78, 5) is 11.6. The molecular weight excluding hydrogens is 240 g/mol. The van der Waals surface area contributed by atoms with E-state index in [-0.39, 0.29) is 5.91 Å². The lowest BCUT2D eigenvalue weighted by atomic mass is 10.1. The van der Waals surface area contributed by atoms with Gasteiger partial charge in [0.15, 0.2) is 0 Å². The van der Waals surface area contributed by atoms with Gasteiger partial charge in [-0.25, -0.2) is 0 Å². The van der Waals surface area contributed by atoms with Gasteiger partial charge in [-0.15, -0.1) is 0 Å². The molecule has 0 saturated heterocycles. The molecular formula is C15H24N2O2. The fraction of sp³-hybridized carbons (Fsp3) is 0.533. The third-order valence-electron chi connectivity index (χ3n) is 2.57. The molecule has 4 heteroatoms.